The highest BCUT2D eigenvalue weighted by atomic mass is 32.1. The van der Waals surface area contributed by atoms with E-state index in [9.17, 15) is 4.79 Å². The molecule has 1 amide bonds. The first-order chi connectivity index (χ1) is 12.3. The third-order valence-electron chi connectivity index (χ3n) is 4.31. The Morgan fingerprint density at radius 3 is 2.31 bits per heavy atom. The van der Waals surface area contributed by atoms with Crippen molar-refractivity contribution < 1.29 is 4.79 Å². The first kappa shape index (κ1) is 18.2. The van der Waals surface area contributed by atoms with Gasteiger partial charge in [-0.25, -0.2) is 4.98 Å². The highest BCUT2D eigenvalue weighted by molar-refractivity contribution is 7.22. The molecular formula is C20H24N4OS. The highest BCUT2D eigenvalue weighted by Crippen LogP contribution is 2.32. The number of thiazole rings is 1. The molecule has 0 aliphatic heterocycles. The molecular weight excluding hydrogens is 344 g/mol. The number of aromatic nitrogens is 1. The van der Waals surface area contributed by atoms with Crippen molar-refractivity contribution in [1.29, 1.82) is 0 Å². The molecule has 5 nitrogen and oxygen atoms in total. The molecule has 0 unspecified atom stereocenters. The second-order valence-electron chi connectivity index (χ2n) is 6.72. The maximum Gasteiger partial charge on any atom is 0.243 e. The Kier molecular flexibility index (Phi) is 5.13. The predicted octanol–water partition coefficient (Wildman–Crippen LogP) is 4.05. The van der Waals surface area contributed by atoms with E-state index in [1.165, 1.54) is 10.3 Å². The molecule has 1 aromatic heterocycles. The first-order valence-corrected chi connectivity index (χ1v) is 9.32. The van der Waals surface area contributed by atoms with Crippen molar-refractivity contribution in [2.45, 2.75) is 13.8 Å². The zero-order valence-corrected chi connectivity index (χ0v) is 16.6. The third-order valence-corrected chi connectivity index (χ3v) is 5.61. The molecule has 0 spiro atoms. The molecule has 3 rings (SSSR count). The average Bonchev–Trinajstić information content (AvgIpc) is 3.05. The molecule has 0 radical (unpaired) electrons. The van der Waals surface area contributed by atoms with Crippen molar-refractivity contribution in [3.8, 4) is 0 Å². The lowest BCUT2D eigenvalue weighted by atomic mass is 10.1. The molecule has 136 valence electrons. The largest absolute Gasteiger partial charge is 0.378 e. The van der Waals surface area contributed by atoms with Crippen LogP contribution in [0.5, 0.6) is 0 Å². The minimum Gasteiger partial charge on any atom is -0.378 e. The molecule has 0 aliphatic carbocycles. The van der Waals surface area contributed by atoms with Crippen molar-refractivity contribution in [2.24, 2.45) is 0 Å². The molecule has 0 saturated carbocycles. The molecule has 1 heterocycles. The quantitative estimate of drug-likeness (QED) is 0.738. The number of rotatable bonds is 5. The number of hydrogen-bond donors (Lipinski definition) is 1. The summed E-state index contributed by atoms with van der Waals surface area (Å²) in [5, 5.41) is 3.80. The summed E-state index contributed by atoms with van der Waals surface area (Å²) in [6.45, 7) is 4.41. The summed E-state index contributed by atoms with van der Waals surface area (Å²) in [4.78, 5) is 21.0. The van der Waals surface area contributed by atoms with Crippen molar-refractivity contribution in [2.75, 3.05) is 42.8 Å². The number of nitrogens with one attached hydrogen (secondary N) is 1. The van der Waals surface area contributed by atoms with Crippen LogP contribution < -0.4 is 15.1 Å². The van der Waals surface area contributed by atoms with Gasteiger partial charge < -0.3 is 15.1 Å². The normalized spacial score (nSPS) is 10.8. The van der Waals surface area contributed by atoms with Crippen LogP contribution in [0.15, 0.2) is 36.4 Å². The molecule has 26 heavy (non-hydrogen) atoms. The van der Waals surface area contributed by atoms with Crippen molar-refractivity contribution >= 4 is 44.0 Å². The van der Waals surface area contributed by atoms with Crippen LogP contribution in [0.4, 0.5) is 16.5 Å². The summed E-state index contributed by atoms with van der Waals surface area (Å²) < 4.78 is 1.19. The summed E-state index contributed by atoms with van der Waals surface area (Å²) >= 11 is 1.63. The maximum absolute atomic E-state index is 12.4. The molecule has 1 N–H and O–H groups in total. The van der Waals surface area contributed by atoms with Gasteiger partial charge in [-0.15, -0.1) is 0 Å². The fourth-order valence-electron chi connectivity index (χ4n) is 2.74. The van der Waals surface area contributed by atoms with Crippen LogP contribution in [0.25, 0.3) is 10.2 Å². The van der Waals surface area contributed by atoms with E-state index >= 15 is 0 Å². The summed E-state index contributed by atoms with van der Waals surface area (Å²) in [6, 6.07) is 12.0. The number of carbonyl (C=O) groups is 1. The number of carbonyl (C=O) groups excluding carboxylic acids is 1. The second-order valence-corrected chi connectivity index (χ2v) is 7.70. The van der Waals surface area contributed by atoms with E-state index < -0.39 is 0 Å². The van der Waals surface area contributed by atoms with E-state index in [1.54, 1.807) is 11.3 Å². The zero-order chi connectivity index (χ0) is 18.8. The van der Waals surface area contributed by atoms with Gasteiger partial charge in [0.15, 0.2) is 5.13 Å². The van der Waals surface area contributed by atoms with Crippen LogP contribution in [0, 0.1) is 13.8 Å². The van der Waals surface area contributed by atoms with Gasteiger partial charge in [0.25, 0.3) is 0 Å². The smallest absolute Gasteiger partial charge is 0.243 e. The summed E-state index contributed by atoms with van der Waals surface area (Å²) in [5.41, 5.74) is 5.29. The molecule has 0 atom stereocenters. The Labute approximate surface area is 158 Å². The lowest BCUT2D eigenvalue weighted by molar-refractivity contribution is -0.114. The van der Waals surface area contributed by atoms with Crippen LogP contribution in [-0.4, -0.2) is 38.6 Å². The predicted molar refractivity (Wildman–Crippen MR) is 112 cm³/mol. The number of amides is 1. The van der Waals surface area contributed by atoms with Gasteiger partial charge in [-0.05, 0) is 49.2 Å². The minimum absolute atomic E-state index is 0.0576. The molecule has 3 aromatic rings. The van der Waals surface area contributed by atoms with E-state index in [2.05, 4.69) is 31.3 Å². The van der Waals surface area contributed by atoms with E-state index in [1.807, 2.05) is 55.2 Å². The number of benzene rings is 2. The SMILES string of the molecule is Cc1ccc(C)c2sc(N(C)CC(=O)Nc3ccc(N(C)C)cc3)nc12. The van der Waals surface area contributed by atoms with Gasteiger partial charge in [0.2, 0.25) is 5.91 Å². The Hall–Kier alpha value is -2.60. The highest BCUT2D eigenvalue weighted by Gasteiger charge is 2.14. The third kappa shape index (κ3) is 3.80. The molecule has 6 heteroatoms. The minimum atomic E-state index is -0.0576. The van der Waals surface area contributed by atoms with Gasteiger partial charge in [-0.2, -0.15) is 0 Å². The molecule has 0 saturated heterocycles. The Bertz CT molecular complexity index is 892. The second kappa shape index (κ2) is 7.33. The van der Waals surface area contributed by atoms with Crippen LogP contribution in [0.3, 0.4) is 0 Å². The van der Waals surface area contributed by atoms with Crippen molar-refractivity contribution in [1.82, 2.24) is 4.98 Å². The van der Waals surface area contributed by atoms with E-state index in [-0.39, 0.29) is 12.5 Å². The number of nitrogens with zero attached hydrogens (tertiary/aromatic N) is 3. The van der Waals surface area contributed by atoms with Gasteiger partial charge in [0.05, 0.1) is 16.8 Å². The van der Waals surface area contributed by atoms with Crippen LogP contribution in [0.1, 0.15) is 11.1 Å². The monoisotopic (exact) mass is 368 g/mol. The van der Waals surface area contributed by atoms with Gasteiger partial charge in [0.1, 0.15) is 0 Å². The summed E-state index contributed by atoms with van der Waals surface area (Å²) in [6.07, 6.45) is 0. The lowest BCUT2D eigenvalue weighted by Gasteiger charge is -2.16. The zero-order valence-electron chi connectivity index (χ0n) is 15.8. The van der Waals surface area contributed by atoms with Gasteiger partial charge in [-0.3, -0.25) is 4.79 Å². The fraction of sp³-hybridized carbons (Fsp3) is 0.300. The van der Waals surface area contributed by atoms with Crippen LogP contribution in [-0.2, 0) is 4.79 Å². The topological polar surface area (TPSA) is 48.5 Å². The van der Waals surface area contributed by atoms with E-state index in [4.69, 9.17) is 4.98 Å². The fourth-order valence-corrected chi connectivity index (χ4v) is 3.81. The summed E-state index contributed by atoms with van der Waals surface area (Å²) in [5.74, 6) is -0.0576. The Balaban J connectivity index is 1.69. The van der Waals surface area contributed by atoms with Gasteiger partial charge >= 0.3 is 0 Å². The lowest BCUT2D eigenvalue weighted by Crippen LogP contribution is -2.29. The number of anilines is 3. The maximum atomic E-state index is 12.4. The van der Waals surface area contributed by atoms with Crippen molar-refractivity contribution in [3.63, 3.8) is 0 Å². The van der Waals surface area contributed by atoms with Crippen LogP contribution in [0.2, 0.25) is 0 Å². The number of hydrogen-bond acceptors (Lipinski definition) is 5. The number of likely N-dealkylation sites (N-methyl/N-ethyl adjacent to an activating group) is 1. The number of fused-ring (bicyclic) bond motifs is 1. The Morgan fingerprint density at radius 2 is 1.69 bits per heavy atom. The van der Waals surface area contributed by atoms with Crippen molar-refractivity contribution in [3.05, 3.63) is 47.5 Å². The average molecular weight is 369 g/mol. The van der Waals surface area contributed by atoms with Crippen LogP contribution >= 0.6 is 11.3 Å². The summed E-state index contributed by atoms with van der Waals surface area (Å²) in [7, 11) is 5.88. The standard InChI is InChI=1S/C20H24N4OS/c1-13-6-7-14(2)19-18(13)22-20(26-19)24(5)12-17(25)21-15-8-10-16(11-9-15)23(3)4/h6-11H,12H2,1-5H3,(H,21,25). The molecule has 2 aromatic carbocycles. The molecule has 0 aliphatic rings. The van der Waals surface area contributed by atoms with Gasteiger partial charge in [0, 0.05) is 32.5 Å². The first-order valence-electron chi connectivity index (χ1n) is 8.50. The van der Waals surface area contributed by atoms with E-state index in [0.717, 1.165) is 27.6 Å². The van der Waals surface area contributed by atoms with E-state index in [0.29, 0.717) is 0 Å². The molecule has 0 bridgehead atoms. The van der Waals surface area contributed by atoms with Gasteiger partial charge in [-0.1, -0.05) is 23.5 Å². The molecule has 0 fully saturated rings. The Morgan fingerprint density at radius 1 is 1.04 bits per heavy atom. The number of aryl methyl sites for hydroxylation is 2.